The fraction of sp³-hybridized carbons (Fsp3) is 0.579. The largest absolute Gasteiger partial charge is 0.326 e. The molecule has 2 amide bonds. The molecule has 1 saturated heterocycles. The van der Waals surface area contributed by atoms with Gasteiger partial charge in [0.25, 0.3) is 0 Å². The lowest BCUT2D eigenvalue weighted by Crippen LogP contribution is -2.24. The van der Waals surface area contributed by atoms with Crippen LogP contribution in [0.1, 0.15) is 56.9 Å². The van der Waals surface area contributed by atoms with Crippen LogP contribution in [0, 0.1) is 12.8 Å². The molecule has 1 aliphatic carbocycles. The van der Waals surface area contributed by atoms with E-state index in [1.807, 2.05) is 30.0 Å². The van der Waals surface area contributed by atoms with E-state index in [1.165, 1.54) is 25.7 Å². The summed E-state index contributed by atoms with van der Waals surface area (Å²) in [4.78, 5) is 25.8. The van der Waals surface area contributed by atoms with E-state index in [9.17, 15) is 9.59 Å². The molecule has 2 fully saturated rings. The van der Waals surface area contributed by atoms with Crippen molar-refractivity contribution in [2.45, 2.75) is 58.3 Å². The highest BCUT2D eigenvalue weighted by molar-refractivity contribution is 5.97. The summed E-state index contributed by atoms with van der Waals surface area (Å²) in [6.07, 6.45) is 8.39. The standard InChI is InChI=1S/C19H26N2O2/c1-14-13-16(9-10-17(14)21-12-4-7-19(21)23)20-18(22)11-8-15-5-2-3-6-15/h9-10,13,15H,2-8,11-12H2,1H3,(H,20,22). The van der Waals surface area contributed by atoms with Gasteiger partial charge in [0.05, 0.1) is 0 Å². The summed E-state index contributed by atoms with van der Waals surface area (Å²) in [6.45, 7) is 2.79. The first-order valence-electron chi connectivity index (χ1n) is 8.84. The van der Waals surface area contributed by atoms with Gasteiger partial charge in [-0.15, -0.1) is 0 Å². The van der Waals surface area contributed by atoms with Crippen molar-refractivity contribution in [1.29, 1.82) is 0 Å². The first kappa shape index (κ1) is 16.0. The van der Waals surface area contributed by atoms with Gasteiger partial charge in [-0.1, -0.05) is 25.7 Å². The number of amides is 2. The van der Waals surface area contributed by atoms with Gasteiger partial charge in [0.1, 0.15) is 0 Å². The molecule has 3 rings (SSSR count). The van der Waals surface area contributed by atoms with Gasteiger partial charge in [0, 0.05) is 30.8 Å². The number of hydrogen-bond donors (Lipinski definition) is 1. The van der Waals surface area contributed by atoms with Crippen molar-refractivity contribution >= 4 is 23.2 Å². The zero-order chi connectivity index (χ0) is 16.2. The SMILES string of the molecule is Cc1cc(NC(=O)CCC2CCCC2)ccc1N1CCCC1=O. The average molecular weight is 314 g/mol. The molecule has 23 heavy (non-hydrogen) atoms. The van der Waals surface area contributed by atoms with Gasteiger partial charge in [-0.3, -0.25) is 9.59 Å². The maximum atomic E-state index is 12.1. The number of rotatable bonds is 5. The number of benzene rings is 1. The molecule has 0 aromatic heterocycles. The maximum Gasteiger partial charge on any atom is 0.227 e. The second kappa shape index (κ2) is 7.16. The van der Waals surface area contributed by atoms with Crippen LogP contribution in [0.15, 0.2) is 18.2 Å². The van der Waals surface area contributed by atoms with Crippen molar-refractivity contribution < 1.29 is 9.59 Å². The summed E-state index contributed by atoms with van der Waals surface area (Å²) < 4.78 is 0. The summed E-state index contributed by atoms with van der Waals surface area (Å²) in [5.41, 5.74) is 2.83. The minimum Gasteiger partial charge on any atom is -0.326 e. The van der Waals surface area contributed by atoms with E-state index in [0.29, 0.717) is 12.8 Å². The minimum absolute atomic E-state index is 0.0984. The number of nitrogens with one attached hydrogen (secondary N) is 1. The Morgan fingerprint density at radius 2 is 2.04 bits per heavy atom. The zero-order valence-electron chi connectivity index (χ0n) is 13.9. The predicted molar refractivity (Wildman–Crippen MR) is 92.6 cm³/mol. The molecule has 0 bridgehead atoms. The van der Waals surface area contributed by atoms with Crippen molar-refractivity contribution in [3.63, 3.8) is 0 Å². The van der Waals surface area contributed by atoms with Crippen LogP contribution in [0.25, 0.3) is 0 Å². The molecule has 4 heteroatoms. The molecule has 0 atom stereocenters. The van der Waals surface area contributed by atoms with Gasteiger partial charge in [-0.25, -0.2) is 0 Å². The van der Waals surface area contributed by atoms with Crippen LogP contribution >= 0.6 is 0 Å². The Balaban J connectivity index is 1.56. The Morgan fingerprint density at radius 3 is 2.70 bits per heavy atom. The van der Waals surface area contributed by atoms with Crippen molar-refractivity contribution in [2.75, 3.05) is 16.8 Å². The molecule has 1 N–H and O–H groups in total. The third-order valence-electron chi connectivity index (χ3n) is 5.10. The predicted octanol–water partition coefficient (Wildman–Crippen LogP) is 4.03. The molecule has 1 aromatic carbocycles. The van der Waals surface area contributed by atoms with Crippen LogP contribution in [-0.4, -0.2) is 18.4 Å². The monoisotopic (exact) mass is 314 g/mol. The Kier molecular flexibility index (Phi) is 4.99. The average Bonchev–Trinajstić information content (AvgIpc) is 3.17. The van der Waals surface area contributed by atoms with Crippen LogP contribution in [0.5, 0.6) is 0 Å². The van der Waals surface area contributed by atoms with E-state index in [0.717, 1.165) is 42.2 Å². The van der Waals surface area contributed by atoms with E-state index in [4.69, 9.17) is 0 Å². The van der Waals surface area contributed by atoms with Crippen molar-refractivity contribution in [1.82, 2.24) is 0 Å². The van der Waals surface area contributed by atoms with Gasteiger partial charge in [-0.2, -0.15) is 0 Å². The third-order valence-corrected chi connectivity index (χ3v) is 5.10. The van der Waals surface area contributed by atoms with Crippen LogP contribution in [0.2, 0.25) is 0 Å². The van der Waals surface area contributed by atoms with Crippen molar-refractivity contribution in [3.05, 3.63) is 23.8 Å². The van der Waals surface area contributed by atoms with Gasteiger partial charge in [-0.05, 0) is 49.4 Å². The Labute approximate surface area is 138 Å². The summed E-state index contributed by atoms with van der Waals surface area (Å²) >= 11 is 0. The lowest BCUT2D eigenvalue weighted by atomic mass is 10.0. The molecule has 0 radical (unpaired) electrons. The lowest BCUT2D eigenvalue weighted by molar-refractivity contribution is -0.117. The number of carbonyl (C=O) groups excluding carboxylic acids is 2. The number of carbonyl (C=O) groups is 2. The maximum absolute atomic E-state index is 12.1. The molecule has 0 unspecified atom stereocenters. The topological polar surface area (TPSA) is 49.4 Å². The number of aryl methyl sites for hydroxylation is 1. The highest BCUT2D eigenvalue weighted by Gasteiger charge is 2.23. The summed E-state index contributed by atoms with van der Waals surface area (Å²) in [5.74, 6) is 1.04. The smallest absolute Gasteiger partial charge is 0.227 e. The molecule has 1 saturated carbocycles. The van der Waals surface area contributed by atoms with Crippen molar-refractivity contribution in [3.8, 4) is 0 Å². The summed E-state index contributed by atoms with van der Waals surface area (Å²) in [5, 5.41) is 2.99. The van der Waals surface area contributed by atoms with Gasteiger partial charge in [0.2, 0.25) is 11.8 Å². The lowest BCUT2D eigenvalue weighted by Gasteiger charge is -2.19. The third kappa shape index (κ3) is 3.92. The molecule has 1 aromatic rings. The fourth-order valence-corrected chi connectivity index (χ4v) is 3.80. The molecule has 124 valence electrons. The van der Waals surface area contributed by atoms with E-state index >= 15 is 0 Å². The molecule has 2 aliphatic rings. The highest BCUT2D eigenvalue weighted by Crippen LogP contribution is 2.29. The van der Waals surface area contributed by atoms with Crippen molar-refractivity contribution in [2.24, 2.45) is 5.92 Å². The van der Waals surface area contributed by atoms with E-state index < -0.39 is 0 Å². The van der Waals surface area contributed by atoms with E-state index in [2.05, 4.69) is 5.32 Å². The minimum atomic E-state index is 0.0984. The Bertz CT molecular complexity index is 591. The van der Waals surface area contributed by atoms with Gasteiger partial charge in [0.15, 0.2) is 0 Å². The van der Waals surface area contributed by atoms with E-state index in [-0.39, 0.29) is 11.8 Å². The first-order chi connectivity index (χ1) is 11.1. The number of nitrogens with zero attached hydrogens (tertiary/aromatic N) is 1. The van der Waals surface area contributed by atoms with Crippen LogP contribution in [0.3, 0.4) is 0 Å². The Hall–Kier alpha value is -1.84. The van der Waals surface area contributed by atoms with Crippen LogP contribution < -0.4 is 10.2 Å². The summed E-state index contributed by atoms with van der Waals surface area (Å²) in [6, 6.07) is 5.82. The molecule has 0 spiro atoms. The molecule has 1 heterocycles. The molecular weight excluding hydrogens is 288 g/mol. The van der Waals surface area contributed by atoms with Crippen LogP contribution in [0.4, 0.5) is 11.4 Å². The highest BCUT2D eigenvalue weighted by atomic mass is 16.2. The fourth-order valence-electron chi connectivity index (χ4n) is 3.80. The van der Waals surface area contributed by atoms with E-state index in [1.54, 1.807) is 0 Å². The van der Waals surface area contributed by atoms with Gasteiger partial charge < -0.3 is 10.2 Å². The second-order valence-electron chi connectivity index (χ2n) is 6.89. The molecular formula is C19H26N2O2. The number of anilines is 2. The number of hydrogen-bond acceptors (Lipinski definition) is 2. The molecule has 1 aliphatic heterocycles. The zero-order valence-corrected chi connectivity index (χ0v) is 13.9. The second-order valence-corrected chi connectivity index (χ2v) is 6.89. The van der Waals surface area contributed by atoms with Gasteiger partial charge >= 0.3 is 0 Å². The Morgan fingerprint density at radius 1 is 1.26 bits per heavy atom. The first-order valence-corrected chi connectivity index (χ1v) is 8.84. The quantitative estimate of drug-likeness (QED) is 0.892. The van der Waals surface area contributed by atoms with Crippen LogP contribution in [-0.2, 0) is 9.59 Å². The normalized spacial score (nSPS) is 18.7. The summed E-state index contributed by atoms with van der Waals surface area (Å²) in [7, 11) is 0. The molecule has 4 nitrogen and oxygen atoms in total.